The van der Waals surface area contributed by atoms with Gasteiger partial charge in [-0.1, -0.05) is 24.3 Å². The molecular weight excluding hydrogens is 402 g/mol. The molecule has 0 heterocycles. The van der Waals surface area contributed by atoms with Gasteiger partial charge in [-0.05, 0) is 35.4 Å². The Labute approximate surface area is 199 Å². The van der Waals surface area contributed by atoms with E-state index in [9.17, 15) is 16.8 Å². The van der Waals surface area contributed by atoms with Crippen LogP contribution < -0.4 is 70.6 Å². The molecule has 0 radical (unpaired) electrons. The number of benzene rings is 2. The standard InChI is InChI=1S/C14H16N2O6S2.2Na.2H/c15-9-14(16,10-1-5-12(6-2-10)23(17,18)19)11-3-7-13(8-4-11)24(20,21)22;;;;/h1-8H,9,15-16H2,(H,17,18,19)(H,20,21,22);;;;/q;2*+1;2*-1. The fraction of sp³-hybridized carbons (Fsp3) is 0.143. The predicted octanol–water partition coefficient (Wildman–Crippen LogP) is -5.43. The third-order valence-corrected chi connectivity index (χ3v) is 5.39. The summed E-state index contributed by atoms with van der Waals surface area (Å²) in [7, 11) is -8.65. The second-order valence-corrected chi connectivity index (χ2v) is 8.02. The van der Waals surface area contributed by atoms with Gasteiger partial charge in [0.15, 0.2) is 0 Å². The van der Waals surface area contributed by atoms with Crippen LogP contribution >= 0.6 is 0 Å². The van der Waals surface area contributed by atoms with E-state index in [1.807, 2.05) is 0 Å². The summed E-state index contributed by atoms with van der Waals surface area (Å²) in [6, 6.07) is 10.4. The summed E-state index contributed by atoms with van der Waals surface area (Å²) in [6.45, 7) is -0.0521. The minimum Gasteiger partial charge on any atom is -1.00 e. The van der Waals surface area contributed by atoms with Gasteiger partial charge in [0.1, 0.15) is 0 Å². The van der Waals surface area contributed by atoms with E-state index in [1.165, 1.54) is 48.5 Å². The number of hydrogen-bond acceptors (Lipinski definition) is 6. The predicted molar refractivity (Wildman–Crippen MR) is 88.8 cm³/mol. The largest absolute Gasteiger partial charge is 1.00 e. The Balaban J connectivity index is -0.00000156. The Morgan fingerprint density at radius 3 is 1.23 bits per heavy atom. The SMILES string of the molecule is NCC(N)(c1ccc(S(=O)(=O)O)cc1)c1ccc(S(=O)(=O)O)cc1.[H-].[H-].[Na+].[Na+]. The van der Waals surface area contributed by atoms with Crippen molar-refractivity contribution < 1.29 is 87.9 Å². The maximum absolute atomic E-state index is 11.1. The van der Waals surface area contributed by atoms with Crippen LogP contribution in [0.15, 0.2) is 58.3 Å². The van der Waals surface area contributed by atoms with E-state index in [0.717, 1.165) is 0 Å². The molecule has 2 aromatic rings. The second kappa shape index (κ2) is 9.59. The zero-order valence-electron chi connectivity index (χ0n) is 16.3. The van der Waals surface area contributed by atoms with Crippen molar-refractivity contribution in [3.8, 4) is 0 Å². The molecule has 2 aromatic carbocycles. The first-order valence-corrected chi connectivity index (χ1v) is 9.51. The molecule has 0 aliphatic rings. The van der Waals surface area contributed by atoms with Crippen molar-refractivity contribution in [3.63, 3.8) is 0 Å². The zero-order valence-corrected chi connectivity index (χ0v) is 20.0. The summed E-state index contributed by atoms with van der Waals surface area (Å²) in [5.41, 5.74) is 11.8. The molecule has 12 heteroatoms. The van der Waals surface area contributed by atoms with E-state index in [2.05, 4.69) is 0 Å². The van der Waals surface area contributed by atoms with Crippen LogP contribution in [0, 0.1) is 0 Å². The van der Waals surface area contributed by atoms with Gasteiger partial charge in [0.2, 0.25) is 0 Å². The van der Waals surface area contributed by atoms with Crippen molar-refractivity contribution in [1.82, 2.24) is 0 Å². The Hall–Kier alpha value is 0.180. The Bertz CT molecular complexity index is 881. The molecule has 0 aliphatic carbocycles. The van der Waals surface area contributed by atoms with E-state index in [-0.39, 0.29) is 78.3 Å². The molecule has 0 bridgehead atoms. The quantitative estimate of drug-likeness (QED) is 0.275. The minimum atomic E-state index is -4.32. The Morgan fingerprint density at radius 2 is 1.04 bits per heavy atom. The molecular formula is C14H18N2Na2O6S2. The van der Waals surface area contributed by atoms with E-state index in [4.69, 9.17) is 20.6 Å². The average molecular weight is 420 g/mol. The van der Waals surface area contributed by atoms with Crippen LogP contribution in [-0.4, -0.2) is 32.5 Å². The van der Waals surface area contributed by atoms with Crippen LogP contribution in [-0.2, 0) is 25.8 Å². The Kier molecular flexibility index (Phi) is 9.66. The van der Waals surface area contributed by atoms with Crippen LogP contribution in [0.1, 0.15) is 14.0 Å². The van der Waals surface area contributed by atoms with Crippen molar-refractivity contribution in [1.29, 1.82) is 0 Å². The van der Waals surface area contributed by atoms with Gasteiger partial charge in [0.05, 0.1) is 15.3 Å². The van der Waals surface area contributed by atoms with E-state index >= 15 is 0 Å². The fourth-order valence-electron chi connectivity index (χ4n) is 2.25. The van der Waals surface area contributed by atoms with Gasteiger partial charge < -0.3 is 14.3 Å². The number of rotatable bonds is 5. The van der Waals surface area contributed by atoms with Gasteiger partial charge in [-0.15, -0.1) is 0 Å². The third-order valence-electron chi connectivity index (χ3n) is 3.66. The molecule has 26 heavy (non-hydrogen) atoms. The second-order valence-electron chi connectivity index (χ2n) is 5.17. The summed E-state index contributed by atoms with van der Waals surface area (Å²) in [5.74, 6) is 0. The first-order chi connectivity index (χ1) is 11.0. The summed E-state index contributed by atoms with van der Waals surface area (Å²) in [4.78, 5) is -0.570. The van der Waals surface area contributed by atoms with Crippen LogP contribution in [0.25, 0.3) is 0 Å². The van der Waals surface area contributed by atoms with Gasteiger partial charge in [-0.2, -0.15) is 16.8 Å². The van der Waals surface area contributed by atoms with Crippen molar-refractivity contribution in [2.24, 2.45) is 11.5 Å². The molecule has 0 spiro atoms. The molecule has 0 fully saturated rings. The van der Waals surface area contributed by atoms with Crippen molar-refractivity contribution in [3.05, 3.63) is 59.7 Å². The van der Waals surface area contributed by atoms with E-state index in [1.54, 1.807) is 0 Å². The summed E-state index contributed by atoms with van der Waals surface area (Å²) < 4.78 is 62.3. The first kappa shape index (κ1) is 26.2. The van der Waals surface area contributed by atoms with Crippen LogP contribution in [0.2, 0.25) is 0 Å². The smallest absolute Gasteiger partial charge is 1.00 e. The van der Waals surface area contributed by atoms with Crippen LogP contribution in [0.4, 0.5) is 0 Å². The maximum atomic E-state index is 11.1. The molecule has 134 valence electrons. The van der Waals surface area contributed by atoms with Gasteiger partial charge in [-0.25, -0.2) is 0 Å². The molecule has 0 saturated carbocycles. The van der Waals surface area contributed by atoms with Crippen LogP contribution in [0.3, 0.4) is 0 Å². The number of nitrogens with two attached hydrogens (primary N) is 2. The number of hydrogen-bond donors (Lipinski definition) is 4. The molecule has 0 aromatic heterocycles. The summed E-state index contributed by atoms with van der Waals surface area (Å²) >= 11 is 0. The molecule has 0 unspecified atom stereocenters. The van der Waals surface area contributed by atoms with Crippen molar-refractivity contribution in [2.45, 2.75) is 15.3 Å². The van der Waals surface area contributed by atoms with Gasteiger partial charge >= 0.3 is 59.1 Å². The average Bonchev–Trinajstić information content (AvgIpc) is 2.53. The van der Waals surface area contributed by atoms with Crippen molar-refractivity contribution >= 4 is 20.2 Å². The monoisotopic (exact) mass is 420 g/mol. The van der Waals surface area contributed by atoms with E-state index in [0.29, 0.717) is 11.1 Å². The third kappa shape index (κ3) is 5.84. The topological polar surface area (TPSA) is 161 Å². The van der Waals surface area contributed by atoms with Gasteiger partial charge in [0.25, 0.3) is 20.2 Å². The molecule has 0 aliphatic heterocycles. The van der Waals surface area contributed by atoms with E-state index < -0.39 is 25.8 Å². The van der Waals surface area contributed by atoms with Gasteiger partial charge in [0, 0.05) is 6.54 Å². The zero-order chi connectivity index (χ0) is 18.2. The summed E-state index contributed by atoms with van der Waals surface area (Å²) in [5, 5.41) is 0. The molecule has 2 rings (SSSR count). The maximum Gasteiger partial charge on any atom is 1.00 e. The molecule has 0 saturated heterocycles. The Morgan fingerprint density at radius 1 is 0.769 bits per heavy atom. The van der Waals surface area contributed by atoms with Crippen molar-refractivity contribution in [2.75, 3.05) is 6.54 Å². The van der Waals surface area contributed by atoms with Gasteiger partial charge in [-0.3, -0.25) is 9.11 Å². The normalized spacial score (nSPS) is 12.0. The van der Waals surface area contributed by atoms with Crippen LogP contribution in [0.5, 0.6) is 0 Å². The summed E-state index contributed by atoms with van der Waals surface area (Å²) in [6.07, 6.45) is 0. The molecule has 8 nitrogen and oxygen atoms in total. The minimum absolute atomic E-state index is 0. The molecule has 0 atom stereocenters. The first-order valence-electron chi connectivity index (χ1n) is 6.63. The molecule has 0 amide bonds. The molecule has 6 N–H and O–H groups in total. The fourth-order valence-corrected chi connectivity index (χ4v) is 3.21.